The molecule has 0 amide bonds. The van der Waals surface area contributed by atoms with Gasteiger partial charge < -0.3 is 4.42 Å². The summed E-state index contributed by atoms with van der Waals surface area (Å²) in [6.07, 6.45) is 1.41. The quantitative estimate of drug-likeness (QED) is 0.746. The van der Waals surface area contributed by atoms with E-state index in [9.17, 15) is 8.42 Å². The normalized spacial score (nSPS) is 11.5. The molecule has 0 saturated heterocycles. The van der Waals surface area contributed by atoms with E-state index < -0.39 is 10.0 Å². The highest BCUT2D eigenvalue weighted by Crippen LogP contribution is 2.26. The first-order chi connectivity index (χ1) is 11.4. The molecule has 0 fully saturated rings. The van der Waals surface area contributed by atoms with Crippen molar-refractivity contribution in [3.8, 4) is 11.3 Å². The standard InChI is InChI=1S/C17H15ClN2O3S/c1-11-9-16(12(2)8-14(11)18)24(21,22)20-17-19-15(10-23-17)13-6-4-3-5-7-13/h3-10H,1-2H3,(H,19,20). The highest BCUT2D eigenvalue weighted by Gasteiger charge is 2.21. The number of aromatic nitrogens is 1. The number of benzene rings is 2. The Morgan fingerprint density at radius 3 is 2.50 bits per heavy atom. The molecular weight excluding hydrogens is 348 g/mol. The lowest BCUT2D eigenvalue weighted by atomic mass is 10.2. The van der Waals surface area contributed by atoms with E-state index in [-0.39, 0.29) is 10.9 Å². The van der Waals surface area contributed by atoms with Gasteiger partial charge in [-0.2, -0.15) is 4.98 Å². The van der Waals surface area contributed by atoms with Crippen molar-refractivity contribution in [2.75, 3.05) is 4.72 Å². The van der Waals surface area contributed by atoms with Gasteiger partial charge in [0.15, 0.2) is 0 Å². The first-order valence-corrected chi connectivity index (χ1v) is 9.03. The van der Waals surface area contributed by atoms with Crippen LogP contribution >= 0.6 is 11.6 Å². The lowest BCUT2D eigenvalue weighted by molar-refractivity contribution is 0.570. The monoisotopic (exact) mass is 362 g/mol. The lowest BCUT2D eigenvalue weighted by Gasteiger charge is -2.09. The number of anilines is 1. The molecule has 1 aromatic heterocycles. The van der Waals surface area contributed by atoms with Crippen molar-refractivity contribution in [2.45, 2.75) is 18.7 Å². The molecule has 1 heterocycles. The summed E-state index contributed by atoms with van der Waals surface area (Å²) in [7, 11) is -3.82. The van der Waals surface area contributed by atoms with Crippen molar-refractivity contribution in [3.63, 3.8) is 0 Å². The van der Waals surface area contributed by atoms with Crippen LogP contribution in [-0.2, 0) is 10.0 Å². The number of sulfonamides is 1. The van der Waals surface area contributed by atoms with E-state index in [1.165, 1.54) is 12.3 Å². The Balaban J connectivity index is 1.91. The third kappa shape index (κ3) is 3.29. The van der Waals surface area contributed by atoms with Gasteiger partial charge in [0.25, 0.3) is 10.0 Å². The molecule has 0 atom stereocenters. The van der Waals surface area contributed by atoms with E-state index in [2.05, 4.69) is 9.71 Å². The summed E-state index contributed by atoms with van der Waals surface area (Å²) >= 11 is 6.02. The molecule has 0 bridgehead atoms. The summed E-state index contributed by atoms with van der Waals surface area (Å²) in [5.41, 5.74) is 2.62. The summed E-state index contributed by atoms with van der Waals surface area (Å²) in [5, 5.41) is 0.522. The predicted molar refractivity (Wildman–Crippen MR) is 93.7 cm³/mol. The summed E-state index contributed by atoms with van der Waals surface area (Å²) in [6, 6.07) is 12.4. The second-order valence-electron chi connectivity index (χ2n) is 5.38. The summed E-state index contributed by atoms with van der Waals surface area (Å²) < 4.78 is 32.8. The molecule has 7 heteroatoms. The van der Waals surface area contributed by atoms with Crippen molar-refractivity contribution in [1.29, 1.82) is 0 Å². The SMILES string of the molecule is Cc1cc(S(=O)(=O)Nc2nc(-c3ccccc3)co2)c(C)cc1Cl. The molecule has 0 aliphatic rings. The maximum atomic E-state index is 12.6. The van der Waals surface area contributed by atoms with E-state index in [0.717, 1.165) is 5.56 Å². The van der Waals surface area contributed by atoms with Gasteiger partial charge in [0.05, 0.1) is 4.90 Å². The summed E-state index contributed by atoms with van der Waals surface area (Å²) in [4.78, 5) is 4.32. The van der Waals surface area contributed by atoms with Gasteiger partial charge in [0.2, 0.25) is 0 Å². The van der Waals surface area contributed by atoms with E-state index >= 15 is 0 Å². The van der Waals surface area contributed by atoms with Crippen molar-refractivity contribution < 1.29 is 12.8 Å². The topological polar surface area (TPSA) is 72.2 Å². The molecule has 0 radical (unpaired) electrons. The molecule has 5 nitrogen and oxygen atoms in total. The van der Waals surface area contributed by atoms with Gasteiger partial charge in [-0.25, -0.2) is 13.1 Å². The second kappa shape index (κ2) is 6.30. The molecule has 1 N–H and O–H groups in total. The fraction of sp³-hybridized carbons (Fsp3) is 0.118. The number of nitrogens with zero attached hydrogens (tertiary/aromatic N) is 1. The van der Waals surface area contributed by atoms with Crippen LogP contribution in [0, 0.1) is 13.8 Å². The van der Waals surface area contributed by atoms with Gasteiger partial charge in [-0.3, -0.25) is 0 Å². The Morgan fingerprint density at radius 2 is 1.79 bits per heavy atom. The van der Waals surface area contributed by atoms with Gasteiger partial charge >= 0.3 is 6.01 Å². The minimum Gasteiger partial charge on any atom is -0.431 e. The number of rotatable bonds is 4. The minimum atomic E-state index is -3.82. The first kappa shape index (κ1) is 16.5. The molecule has 0 aliphatic heterocycles. The van der Waals surface area contributed by atoms with Gasteiger partial charge in [-0.05, 0) is 37.1 Å². The maximum absolute atomic E-state index is 12.6. The third-order valence-electron chi connectivity index (χ3n) is 3.54. The first-order valence-electron chi connectivity index (χ1n) is 7.17. The Morgan fingerprint density at radius 1 is 1.08 bits per heavy atom. The van der Waals surface area contributed by atoms with E-state index in [1.54, 1.807) is 19.9 Å². The van der Waals surface area contributed by atoms with Gasteiger partial charge in [-0.15, -0.1) is 0 Å². The maximum Gasteiger partial charge on any atom is 0.309 e. The van der Waals surface area contributed by atoms with Crippen LogP contribution in [0.1, 0.15) is 11.1 Å². The van der Waals surface area contributed by atoms with E-state index in [0.29, 0.717) is 21.8 Å². The fourth-order valence-corrected chi connectivity index (χ4v) is 3.74. The largest absolute Gasteiger partial charge is 0.431 e. The zero-order chi connectivity index (χ0) is 17.3. The molecule has 124 valence electrons. The summed E-state index contributed by atoms with van der Waals surface area (Å²) in [6.45, 7) is 3.43. The molecule has 0 spiro atoms. The Bertz CT molecular complexity index is 982. The van der Waals surface area contributed by atoms with Crippen LogP contribution in [0.4, 0.5) is 6.01 Å². The van der Waals surface area contributed by atoms with Crippen LogP contribution in [0.25, 0.3) is 11.3 Å². The number of halogens is 1. The Hall–Kier alpha value is -2.31. The van der Waals surface area contributed by atoms with Crippen LogP contribution in [0.3, 0.4) is 0 Å². The zero-order valence-corrected chi connectivity index (χ0v) is 14.6. The van der Waals surface area contributed by atoms with E-state index in [4.69, 9.17) is 16.0 Å². The molecule has 3 aromatic rings. The molecule has 3 rings (SSSR count). The predicted octanol–water partition coefficient (Wildman–Crippen LogP) is 4.41. The number of hydrogen-bond acceptors (Lipinski definition) is 4. The fourth-order valence-electron chi connectivity index (χ4n) is 2.28. The lowest BCUT2D eigenvalue weighted by Crippen LogP contribution is -2.14. The average molecular weight is 363 g/mol. The zero-order valence-electron chi connectivity index (χ0n) is 13.1. The van der Waals surface area contributed by atoms with Gasteiger partial charge in [0.1, 0.15) is 12.0 Å². The Kier molecular flexibility index (Phi) is 4.34. The van der Waals surface area contributed by atoms with Crippen molar-refractivity contribution in [3.05, 3.63) is 64.9 Å². The number of nitrogens with one attached hydrogen (secondary N) is 1. The van der Waals surface area contributed by atoms with E-state index in [1.807, 2.05) is 30.3 Å². The molecule has 2 aromatic carbocycles. The average Bonchev–Trinajstić information content (AvgIpc) is 2.99. The van der Waals surface area contributed by atoms with Crippen LogP contribution in [0.5, 0.6) is 0 Å². The smallest absolute Gasteiger partial charge is 0.309 e. The van der Waals surface area contributed by atoms with Crippen LogP contribution in [-0.4, -0.2) is 13.4 Å². The molecule has 0 aliphatic carbocycles. The molecular formula is C17H15ClN2O3S. The minimum absolute atomic E-state index is 0.0825. The third-order valence-corrected chi connectivity index (χ3v) is 5.41. The van der Waals surface area contributed by atoms with Crippen LogP contribution in [0.15, 0.2) is 58.0 Å². The number of oxazole rings is 1. The van der Waals surface area contributed by atoms with Crippen molar-refractivity contribution in [2.24, 2.45) is 0 Å². The van der Waals surface area contributed by atoms with Gasteiger partial charge in [-0.1, -0.05) is 41.9 Å². The molecule has 0 saturated carbocycles. The molecule has 24 heavy (non-hydrogen) atoms. The molecule has 0 unspecified atom stereocenters. The highest BCUT2D eigenvalue weighted by molar-refractivity contribution is 7.92. The van der Waals surface area contributed by atoms with Gasteiger partial charge in [0, 0.05) is 10.6 Å². The van der Waals surface area contributed by atoms with Crippen molar-refractivity contribution >= 4 is 27.6 Å². The van der Waals surface area contributed by atoms with Crippen molar-refractivity contribution in [1.82, 2.24) is 4.98 Å². The van der Waals surface area contributed by atoms with Crippen LogP contribution in [0.2, 0.25) is 5.02 Å². The number of aryl methyl sites for hydroxylation is 2. The highest BCUT2D eigenvalue weighted by atomic mass is 35.5. The van der Waals surface area contributed by atoms with Crippen LogP contribution < -0.4 is 4.72 Å². The second-order valence-corrected chi connectivity index (χ2v) is 7.43. The Labute approximate surface area is 145 Å². The number of hydrogen-bond donors (Lipinski definition) is 1. The summed E-state index contributed by atoms with van der Waals surface area (Å²) in [5.74, 6) is 0.